The molecule has 0 unspecified atom stereocenters. The highest BCUT2D eigenvalue weighted by Crippen LogP contribution is 2.27. The summed E-state index contributed by atoms with van der Waals surface area (Å²) in [5, 5.41) is 0. The maximum absolute atomic E-state index is 12.4. The molecule has 2 N–H and O–H groups in total. The number of para-hydroxylation sites is 2. The molecule has 0 aliphatic carbocycles. The topological polar surface area (TPSA) is 55.6 Å². The van der Waals surface area contributed by atoms with E-state index in [2.05, 4.69) is 0 Å². The second-order valence-corrected chi connectivity index (χ2v) is 4.82. The molecule has 2 aromatic carbocycles. The van der Waals surface area contributed by atoms with E-state index >= 15 is 0 Å². The molecule has 0 saturated heterocycles. The minimum absolute atomic E-state index is 0.0139. The van der Waals surface area contributed by atoms with E-state index in [-0.39, 0.29) is 5.91 Å². The lowest BCUT2D eigenvalue weighted by molar-refractivity contribution is -0.117. The zero-order valence-corrected chi connectivity index (χ0v) is 12.4. The SMILES string of the molecule is COc1ccccc1N(C)C(=O)Cc1ccc(CN)cc1. The Morgan fingerprint density at radius 1 is 1.10 bits per heavy atom. The molecule has 0 saturated carbocycles. The first kappa shape index (κ1) is 15.1. The van der Waals surface area contributed by atoms with Gasteiger partial charge in [0.15, 0.2) is 0 Å². The van der Waals surface area contributed by atoms with Crippen LogP contribution >= 0.6 is 0 Å². The fourth-order valence-electron chi connectivity index (χ4n) is 2.13. The van der Waals surface area contributed by atoms with Crippen molar-refractivity contribution in [1.82, 2.24) is 0 Å². The molecule has 110 valence electrons. The van der Waals surface area contributed by atoms with Gasteiger partial charge < -0.3 is 15.4 Å². The van der Waals surface area contributed by atoms with Crippen LogP contribution in [0.25, 0.3) is 0 Å². The average molecular weight is 284 g/mol. The van der Waals surface area contributed by atoms with Crippen molar-refractivity contribution in [2.75, 3.05) is 19.1 Å². The number of hydrogen-bond acceptors (Lipinski definition) is 3. The Bertz CT molecular complexity index is 608. The standard InChI is InChI=1S/C17H20N2O2/c1-19(15-5-3-4-6-16(15)21-2)17(20)11-13-7-9-14(12-18)10-8-13/h3-10H,11-12,18H2,1-2H3. The van der Waals surface area contributed by atoms with Crippen LogP contribution < -0.4 is 15.4 Å². The van der Waals surface area contributed by atoms with Crippen molar-refractivity contribution in [3.63, 3.8) is 0 Å². The molecule has 0 aromatic heterocycles. The lowest BCUT2D eigenvalue weighted by Crippen LogP contribution is -2.28. The summed E-state index contributed by atoms with van der Waals surface area (Å²) in [6, 6.07) is 15.3. The van der Waals surface area contributed by atoms with Crippen molar-refractivity contribution in [3.8, 4) is 5.75 Å². The van der Waals surface area contributed by atoms with Crippen LogP contribution in [-0.4, -0.2) is 20.1 Å². The second kappa shape index (κ2) is 6.90. The van der Waals surface area contributed by atoms with E-state index in [4.69, 9.17) is 10.5 Å². The van der Waals surface area contributed by atoms with E-state index in [1.54, 1.807) is 19.1 Å². The van der Waals surface area contributed by atoms with Crippen molar-refractivity contribution in [2.45, 2.75) is 13.0 Å². The van der Waals surface area contributed by atoms with Crippen molar-refractivity contribution >= 4 is 11.6 Å². The molecule has 4 nitrogen and oxygen atoms in total. The van der Waals surface area contributed by atoms with E-state index in [0.29, 0.717) is 18.7 Å². The molecular formula is C17H20N2O2. The normalized spacial score (nSPS) is 10.2. The molecule has 2 aromatic rings. The predicted molar refractivity (Wildman–Crippen MR) is 84.4 cm³/mol. The van der Waals surface area contributed by atoms with Crippen molar-refractivity contribution in [1.29, 1.82) is 0 Å². The molecule has 0 bridgehead atoms. The highest BCUT2D eigenvalue weighted by Gasteiger charge is 2.15. The summed E-state index contributed by atoms with van der Waals surface area (Å²) < 4.78 is 5.29. The predicted octanol–water partition coefficient (Wildman–Crippen LogP) is 2.36. The quantitative estimate of drug-likeness (QED) is 0.917. The molecule has 0 heterocycles. The largest absolute Gasteiger partial charge is 0.495 e. The van der Waals surface area contributed by atoms with Crippen LogP contribution in [-0.2, 0) is 17.8 Å². The minimum atomic E-state index is 0.0139. The van der Waals surface area contributed by atoms with Gasteiger partial charge in [0.25, 0.3) is 0 Å². The number of nitrogens with zero attached hydrogens (tertiary/aromatic N) is 1. The Balaban J connectivity index is 2.11. The van der Waals surface area contributed by atoms with Gasteiger partial charge in [-0.15, -0.1) is 0 Å². The Labute approximate surface area is 125 Å². The zero-order valence-electron chi connectivity index (χ0n) is 12.4. The second-order valence-electron chi connectivity index (χ2n) is 4.82. The summed E-state index contributed by atoms with van der Waals surface area (Å²) >= 11 is 0. The third kappa shape index (κ3) is 3.61. The Kier molecular flexibility index (Phi) is 4.95. The smallest absolute Gasteiger partial charge is 0.231 e. The lowest BCUT2D eigenvalue weighted by Gasteiger charge is -2.20. The van der Waals surface area contributed by atoms with Crippen molar-refractivity contribution in [3.05, 3.63) is 59.7 Å². The molecule has 0 fully saturated rings. The van der Waals surface area contributed by atoms with Gasteiger partial charge >= 0.3 is 0 Å². The van der Waals surface area contributed by atoms with Gasteiger partial charge in [-0.1, -0.05) is 36.4 Å². The van der Waals surface area contributed by atoms with Gasteiger partial charge in [-0.05, 0) is 23.3 Å². The number of likely N-dealkylation sites (N-methyl/N-ethyl adjacent to an activating group) is 1. The molecule has 0 aliphatic heterocycles. The number of rotatable bonds is 5. The summed E-state index contributed by atoms with van der Waals surface area (Å²) in [5.74, 6) is 0.701. The Morgan fingerprint density at radius 3 is 2.33 bits per heavy atom. The van der Waals surface area contributed by atoms with Crippen molar-refractivity contribution in [2.24, 2.45) is 5.73 Å². The Morgan fingerprint density at radius 2 is 1.71 bits per heavy atom. The van der Waals surface area contributed by atoms with E-state index in [0.717, 1.165) is 16.8 Å². The number of methoxy groups -OCH3 is 1. The van der Waals surface area contributed by atoms with Crippen LogP contribution in [0.1, 0.15) is 11.1 Å². The maximum atomic E-state index is 12.4. The van der Waals surface area contributed by atoms with Crippen molar-refractivity contribution < 1.29 is 9.53 Å². The molecule has 0 atom stereocenters. The first-order valence-corrected chi connectivity index (χ1v) is 6.83. The number of carbonyl (C=O) groups excluding carboxylic acids is 1. The van der Waals surface area contributed by atoms with Gasteiger partial charge in [-0.2, -0.15) is 0 Å². The molecule has 0 spiro atoms. The fraction of sp³-hybridized carbons (Fsp3) is 0.235. The van der Waals surface area contributed by atoms with E-state index in [1.807, 2.05) is 48.5 Å². The summed E-state index contributed by atoms with van der Waals surface area (Å²) in [5.41, 5.74) is 8.37. The third-order valence-corrected chi connectivity index (χ3v) is 3.43. The Hall–Kier alpha value is -2.33. The van der Waals surface area contributed by atoms with Crippen LogP contribution in [0.5, 0.6) is 5.75 Å². The third-order valence-electron chi connectivity index (χ3n) is 3.43. The molecule has 21 heavy (non-hydrogen) atoms. The molecule has 4 heteroatoms. The minimum Gasteiger partial charge on any atom is -0.495 e. The van der Waals surface area contributed by atoms with Gasteiger partial charge in [0.2, 0.25) is 5.91 Å². The summed E-state index contributed by atoms with van der Waals surface area (Å²) in [6.07, 6.45) is 0.347. The molecule has 2 rings (SSSR count). The first-order valence-electron chi connectivity index (χ1n) is 6.83. The van der Waals surface area contributed by atoms with Crippen LogP contribution in [0, 0.1) is 0 Å². The number of amides is 1. The highest BCUT2D eigenvalue weighted by molar-refractivity contribution is 5.95. The first-order chi connectivity index (χ1) is 10.2. The fourth-order valence-corrected chi connectivity index (χ4v) is 2.13. The summed E-state index contributed by atoms with van der Waals surface area (Å²) in [7, 11) is 3.36. The van der Waals surface area contributed by atoms with E-state index < -0.39 is 0 Å². The van der Waals surface area contributed by atoms with E-state index in [1.165, 1.54) is 0 Å². The zero-order chi connectivity index (χ0) is 15.2. The lowest BCUT2D eigenvalue weighted by atomic mass is 10.1. The molecular weight excluding hydrogens is 264 g/mol. The highest BCUT2D eigenvalue weighted by atomic mass is 16.5. The van der Waals surface area contributed by atoms with E-state index in [9.17, 15) is 4.79 Å². The van der Waals surface area contributed by atoms with Gasteiger partial charge in [0, 0.05) is 13.6 Å². The number of nitrogens with two attached hydrogens (primary N) is 1. The molecule has 0 radical (unpaired) electrons. The summed E-state index contributed by atoms with van der Waals surface area (Å²) in [4.78, 5) is 14.0. The number of benzene rings is 2. The van der Waals surface area contributed by atoms with Gasteiger partial charge in [-0.3, -0.25) is 4.79 Å². The maximum Gasteiger partial charge on any atom is 0.231 e. The number of anilines is 1. The molecule has 0 aliphatic rings. The average Bonchev–Trinajstić information content (AvgIpc) is 2.54. The van der Waals surface area contributed by atoms with Crippen LogP contribution in [0.15, 0.2) is 48.5 Å². The van der Waals surface area contributed by atoms with Gasteiger partial charge in [0.05, 0.1) is 19.2 Å². The monoisotopic (exact) mass is 284 g/mol. The summed E-state index contributed by atoms with van der Waals surface area (Å²) in [6.45, 7) is 0.509. The van der Waals surface area contributed by atoms with Crippen LogP contribution in [0.4, 0.5) is 5.69 Å². The van der Waals surface area contributed by atoms with Crippen LogP contribution in [0.2, 0.25) is 0 Å². The molecule has 1 amide bonds. The number of hydrogen-bond donors (Lipinski definition) is 1. The number of carbonyl (C=O) groups is 1. The number of ether oxygens (including phenoxy) is 1. The van der Waals surface area contributed by atoms with Gasteiger partial charge in [0.1, 0.15) is 5.75 Å². The van der Waals surface area contributed by atoms with Gasteiger partial charge in [-0.25, -0.2) is 0 Å². The van der Waals surface area contributed by atoms with Crippen LogP contribution in [0.3, 0.4) is 0 Å².